The molecular weight excluding hydrogens is 318 g/mol. The average Bonchev–Trinajstić information content (AvgIpc) is 2.37. The lowest BCUT2D eigenvalue weighted by atomic mass is 10.1. The van der Waals surface area contributed by atoms with Gasteiger partial charge in [-0.25, -0.2) is 0 Å². The summed E-state index contributed by atoms with van der Waals surface area (Å²) >= 11 is 0. The summed E-state index contributed by atoms with van der Waals surface area (Å²) in [6.45, 7) is 5.45. The van der Waals surface area contributed by atoms with Crippen LogP contribution in [-0.4, -0.2) is 36.0 Å². The topological polar surface area (TPSA) is 128 Å². The second-order valence-electron chi connectivity index (χ2n) is 5.05. The molecule has 0 unspecified atom stereocenters. The third kappa shape index (κ3) is 33.6. The lowest BCUT2D eigenvalue weighted by Crippen LogP contribution is -2.20. The maximum absolute atomic E-state index is 11.2. The Morgan fingerprint density at radius 2 is 1.43 bits per heavy atom. The summed E-state index contributed by atoms with van der Waals surface area (Å²) in [6, 6.07) is 0. The quantitative estimate of drug-likeness (QED) is 0.389. The lowest BCUT2D eigenvalue weighted by molar-refractivity contribution is -0.136. The first-order chi connectivity index (χ1) is 9.45. The molecule has 142 valence electrons. The highest BCUT2D eigenvalue weighted by molar-refractivity contribution is 5.85. The van der Waals surface area contributed by atoms with Crippen molar-refractivity contribution in [1.29, 1.82) is 0 Å². The van der Waals surface area contributed by atoms with E-state index in [0.29, 0.717) is 0 Å². The molecule has 0 rings (SSSR count). The summed E-state index contributed by atoms with van der Waals surface area (Å²) in [5, 5.41) is 7.84. The van der Waals surface area contributed by atoms with Crippen LogP contribution < -0.4 is 12.3 Å². The fourth-order valence-electron chi connectivity index (χ4n) is 1.58. The van der Waals surface area contributed by atoms with Crippen LogP contribution in [0.4, 0.5) is 0 Å². The molecule has 0 aromatic heterocycles. The van der Waals surface area contributed by atoms with Crippen LogP contribution in [0.25, 0.3) is 0 Å². The number of carboxylic acids is 1. The highest BCUT2D eigenvalue weighted by atomic mass is 35.5. The van der Waals surface area contributed by atoms with Crippen LogP contribution >= 0.6 is 12.4 Å². The standard InChI is InChI=1S/C12H25NO.C4H6O2.ClH.2H3N/c1-4-5-6-7-8-9-10-11-12(14)13(2)3;1-2-3-4(5)6;;;/h4-11H2,1-3H3;2H,1,3H2,(H,5,6);1H;2*1H3. The molecule has 0 heterocycles. The lowest BCUT2D eigenvalue weighted by Gasteiger charge is -2.09. The molecule has 0 atom stereocenters. The van der Waals surface area contributed by atoms with E-state index in [1.165, 1.54) is 44.6 Å². The number of carbonyl (C=O) groups is 2. The van der Waals surface area contributed by atoms with Gasteiger partial charge >= 0.3 is 5.97 Å². The van der Waals surface area contributed by atoms with Crippen molar-refractivity contribution in [2.45, 2.75) is 64.7 Å². The molecule has 7 N–H and O–H groups in total. The molecule has 0 spiro atoms. The van der Waals surface area contributed by atoms with Gasteiger partial charge in [0.1, 0.15) is 0 Å². The van der Waals surface area contributed by atoms with Crippen LogP contribution in [0.1, 0.15) is 64.7 Å². The predicted molar refractivity (Wildman–Crippen MR) is 101 cm³/mol. The van der Waals surface area contributed by atoms with Crippen LogP contribution in [0.15, 0.2) is 12.7 Å². The summed E-state index contributed by atoms with van der Waals surface area (Å²) < 4.78 is 0. The Balaban J connectivity index is -0.000000104. The van der Waals surface area contributed by atoms with Crippen molar-refractivity contribution in [2.75, 3.05) is 14.1 Å². The van der Waals surface area contributed by atoms with Crippen molar-refractivity contribution >= 4 is 24.3 Å². The van der Waals surface area contributed by atoms with Crippen molar-refractivity contribution in [1.82, 2.24) is 17.2 Å². The number of unbranched alkanes of at least 4 members (excludes halogenated alkanes) is 6. The van der Waals surface area contributed by atoms with E-state index in [2.05, 4.69) is 13.5 Å². The number of aliphatic carboxylic acids is 1. The largest absolute Gasteiger partial charge is 0.481 e. The fourth-order valence-corrected chi connectivity index (χ4v) is 1.58. The molecule has 0 aliphatic heterocycles. The molecule has 23 heavy (non-hydrogen) atoms. The Morgan fingerprint density at radius 1 is 1.00 bits per heavy atom. The molecule has 1 amide bonds. The zero-order chi connectivity index (χ0) is 15.8. The molecule has 0 aromatic carbocycles. The number of carboxylic acid groups (broad SMARTS) is 1. The maximum Gasteiger partial charge on any atom is 0.307 e. The molecule has 0 aromatic rings. The Labute approximate surface area is 148 Å². The minimum Gasteiger partial charge on any atom is -0.481 e. The van der Waals surface area contributed by atoms with Crippen LogP contribution in [0.5, 0.6) is 0 Å². The molecule has 0 saturated heterocycles. The molecular formula is C16H38ClN3O3. The number of hydrogen-bond acceptors (Lipinski definition) is 4. The van der Waals surface area contributed by atoms with Crippen LogP contribution in [0, 0.1) is 0 Å². The summed E-state index contributed by atoms with van der Waals surface area (Å²) in [4.78, 5) is 22.4. The second-order valence-corrected chi connectivity index (χ2v) is 5.05. The Kier molecular flexibility index (Phi) is 37.6. The summed E-state index contributed by atoms with van der Waals surface area (Å²) in [5.41, 5.74) is 0. The van der Waals surface area contributed by atoms with Gasteiger partial charge < -0.3 is 22.3 Å². The first-order valence-electron chi connectivity index (χ1n) is 7.48. The highest BCUT2D eigenvalue weighted by Gasteiger charge is 2.02. The normalized spacial score (nSPS) is 8.13. The minimum absolute atomic E-state index is 0. The zero-order valence-corrected chi connectivity index (χ0v) is 16.0. The molecule has 0 fully saturated rings. The van der Waals surface area contributed by atoms with E-state index >= 15 is 0 Å². The molecule has 7 heteroatoms. The van der Waals surface area contributed by atoms with Crippen LogP contribution in [0.2, 0.25) is 0 Å². The molecule has 0 aliphatic carbocycles. The number of carbonyl (C=O) groups excluding carboxylic acids is 1. The van der Waals surface area contributed by atoms with E-state index in [4.69, 9.17) is 5.11 Å². The van der Waals surface area contributed by atoms with Gasteiger partial charge in [0.25, 0.3) is 0 Å². The van der Waals surface area contributed by atoms with Crippen molar-refractivity contribution in [3.63, 3.8) is 0 Å². The third-order valence-electron chi connectivity index (χ3n) is 2.81. The van der Waals surface area contributed by atoms with E-state index in [0.717, 1.165) is 12.8 Å². The molecule has 6 nitrogen and oxygen atoms in total. The second kappa shape index (κ2) is 25.8. The first kappa shape index (κ1) is 33.5. The maximum atomic E-state index is 11.2. The Morgan fingerprint density at radius 3 is 1.74 bits per heavy atom. The van der Waals surface area contributed by atoms with Gasteiger partial charge in [0, 0.05) is 20.5 Å². The van der Waals surface area contributed by atoms with Gasteiger partial charge in [0.05, 0.1) is 6.42 Å². The number of rotatable bonds is 10. The van der Waals surface area contributed by atoms with Gasteiger partial charge in [-0.15, -0.1) is 19.0 Å². The van der Waals surface area contributed by atoms with E-state index in [9.17, 15) is 9.59 Å². The SMILES string of the molecule is C=CCC(=O)O.CCCCCCCCCC(=O)N(C)C.Cl.N.N. The van der Waals surface area contributed by atoms with E-state index in [1.54, 1.807) is 4.90 Å². The molecule has 0 radical (unpaired) electrons. The fraction of sp³-hybridized carbons (Fsp3) is 0.750. The summed E-state index contributed by atoms with van der Waals surface area (Å²) in [7, 11) is 3.65. The van der Waals surface area contributed by atoms with Gasteiger partial charge in [-0.2, -0.15) is 0 Å². The Bertz CT molecular complexity index is 275. The zero-order valence-electron chi connectivity index (χ0n) is 15.2. The molecule has 0 aliphatic rings. The van der Waals surface area contributed by atoms with Crippen molar-refractivity contribution in [3.8, 4) is 0 Å². The average molecular weight is 356 g/mol. The summed E-state index contributed by atoms with van der Waals surface area (Å²) in [5.74, 6) is -0.566. The number of halogens is 1. The van der Waals surface area contributed by atoms with Gasteiger partial charge in [0.2, 0.25) is 5.91 Å². The van der Waals surface area contributed by atoms with Crippen LogP contribution in [0.3, 0.4) is 0 Å². The predicted octanol–water partition coefficient (Wildman–Crippen LogP) is 4.61. The summed E-state index contributed by atoms with van der Waals surface area (Å²) in [6.07, 6.45) is 11.0. The van der Waals surface area contributed by atoms with Crippen molar-refractivity contribution in [3.05, 3.63) is 12.7 Å². The smallest absolute Gasteiger partial charge is 0.307 e. The van der Waals surface area contributed by atoms with Gasteiger partial charge in [-0.1, -0.05) is 51.5 Å². The van der Waals surface area contributed by atoms with Gasteiger partial charge in [-0.05, 0) is 6.42 Å². The molecule has 0 saturated carbocycles. The minimum atomic E-state index is -0.829. The first-order valence-corrected chi connectivity index (χ1v) is 7.48. The van der Waals surface area contributed by atoms with E-state index in [-0.39, 0.29) is 37.0 Å². The highest BCUT2D eigenvalue weighted by Crippen LogP contribution is 2.08. The number of nitrogens with zero attached hydrogens (tertiary/aromatic N) is 1. The van der Waals surface area contributed by atoms with E-state index in [1.807, 2.05) is 14.1 Å². The van der Waals surface area contributed by atoms with E-state index < -0.39 is 5.97 Å². The van der Waals surface area contributed by atoms with Crippen LogP contribution in [-0.2, 0) is 9.59 Å². The number of hydrogen-bond donors (Lipinski definition) is 3. The molecule has 0 bridgehead atoms. The number of amides is 1. The van der Waals surface area contributed by atoms with Gasteiger partial charge in [0.15, 0.2) is 0 Å². The van der Waals surface area contributed by atoms with Crippen molar-refractivity contribution in [2.24, 2.45) is 0 Å². The monoisotopic (exact) mass is 355 g/mol. The third-order valence-corrected chi connectivity index (χ3v) is 2.81. The van der Waals surface area contributed by atoms with Gasteiger partial charge in [-0.3, -0.25) is 9.59 Å². The Hall–Kier alpha value is -1.11. The van der Waals surface area contributed by atoms with Crippen molar-refractivity contribution < 1.29 is 14.7 Å².